The van der Waals surface area contributed by atoms with Crippen LogP contribution in [-0.4, -0.2) is 32.4 Å². The van der Waals surface area contributed by atoms with E-state index in [9.17, 15) is 18.7 Å². The largest absolute Gasteiger partial charge is 0.394 e. The van der Waals surface area contributed by atoms with Crippen molar-refractivity contribution in [3.05, 3.63) is 88.6 Å². The zero-order valence-corrected chi connectivity index (χ0v) is 19.7. The number of nitrogens with two attached hydrogens (primary N) is 1. The summed E-state index contributed by atoms with van der Waals surface area (Å²) in [6.45, 7) is -1.63. The molecule has 4 aromatic rings. The zero-order valence-electron chi connectivity index (χ0n) is 18.9. The molecule has 1 unspecified atom stereocenters. The Balaban J connectivity index is 1.62. The van der Waals surface area contributed by atoms with E-state index < -0.39 is 30.9 Å². The van der Waals surface area contributed by atoms with E-state index in [1.54, 1.807) is 37.3 Å². The maximum Gasteiger partial charge on any atom is 0.333 e. The van der Waals surface area contributed by atoms with Gasteiger partial charge in [0.05, 0.1) is 23.9 Å². The molecule has 2 heterocycles. The first-order valence-electron chi connectivity index (χ1n) is 10.7. The van der Waals surface area contributed by atoms with E-state index >= 15 is 4.39 Å². The number of aromatic nitrogens is 3. The SMILES string of the molecule is Cc1nn(C(F)F)cc1-c1cnc(N)c(-c2ccc(C(=O)NC(CO)c3cccc(Cl)c3)c(F)c2)c1. The van der Waals surface area contributed by atoms with Gasteiger partial charge in [0.1, 0.15) is 11.6 Å². The minimum absolute atomic E-state index is 0.0931. The number of hydrogen-bond acceptors (Lipinski definition) is 5. The maximum atomic E-state index is 15.0. The molecule has 4 rings (SSSR count). The van der Waals surface area contributed by atoms with Crippen LogP contribution in [0.5, 0.6) is 0 Å². The van der Waals surface area contributed by atoms with Gasteiger partial charge < -0.3 is 16.2 Å². The summed E-state index contributed by atoms with van der Waals surface area (Å²) in [7, 11) is 0. The Labute approximate surface area is 209 Å². The molecule has 0 aliphatic heterocycles. The summed E-state index contributed by atoms with van der Waals surface area (Å²) in [6.07, 6.45) is 2.62. The number of alkyl halides is 2. The van der Waals surface area contributed by atoms with Crippen molar-refractivity contribution < 1.29 is 23.1 Å². The van der Waals surface area contributed by atoms with Crippen LogP contribution in [0.15, 0.2) is 60.9 Å². The molecule has 186 valence electrons. The Bertz CT molecular complexity index is 1430. The first kappa shape index (κ1) is 25.2. The van der Waals surface area contributed by atoms with Crippen LogP contribution in [0.3, 0.4) is 0 Å². The van der Waals surface area contributed by atoms with Crippen molar-refractivity contribution in [1.29, 1.82) is 0 Å². The van der Waals surface area contributed by atoms with Gasteiger partial charge in [0.15, 0.2) is 0 Å². The predicted octanol–water partition coefficient (Wildman–Crippen LogP) is 5.15. The molecule has 11 heteroatoms. The summed E-state index contributed by atoms with van der Waals surface area (Å²) < 4.78 is 41.6. The van der Waals surface area contributed by atoms with Gasteiger partial charge in [-0.15, -0.1) is 0 Å². The van der Waals surface area contributed by atoms with E-state index in [4.69, 9.17) is 17.3 Å². The van der Waals surface area contributed by atoms with Crippen LogP contribution in [0.1, 0.15) is 34.2 Å². The fraction of sp³-hybridized carbons (Fsp3) is 0.160. The summed E-state index contributed by atoms with van der Waals surface area (Å²) in [5.41, 5.74) is 8.29. The predicted molar refractivity (Wildman–Crippen MR) is 130 cm³/mol. The second-order valence-electron chi connectivity index (χ2n) is 8.00. The van der Waals surface area contributed by atoms with E-state index in [0.717, 1.165) is 6.07 Å². The molecular formula is C25H21ClF3N5O2. The highest BCUT2D eigenvalue weighted by atomic mass is 35.5. The normalized spacial score (nSPS) is 12.1. The Morgan fingerprint density at radius 1 is 1.17 bits per heavy atom. The highest BCUT2D eigenvalue weighted by Crippen LogP contribution is 2.32. The van der Waals surface area contributed by atoms with Gasteiger partial charge in [0, 0.05) is 34.1 Å². The summed E-state index contributed by atoms with van der Waals surface area (Å²) in [5, 5.41) is 16.5. The Kier molecular flexibility index (Phi) is 7.27. The molecule has 0 saturated carbocycles. The molecule has 1 amide bonds. The van der Waals surface area contributed by atoms with Crippen molar-refractivity contribution in [2.24, 2.45) is 0 Å². The number of anilines is 1. The van der Waals surface area contributed by atoms with Gasteiger partial charge in [-0.2, -0.15) is 13.9 Å². The first-order valence-corrected chi connectivity index (χ1v) is 11.1. The second-order valence-corrected chi connectivity index (χ2v) is 8.44. The number of halogens is 4. The number of carbonyl (C=O) groups excluding carboxylic acids is 1. The average molecular weight is 516 g/mol. The third kappa shape index (κ3) is 5.19. The van der Waals surface area contributed by atoms with Crippen molar-refractivity contribution in [1.82, 2.24) is 20.1 Å². The number of hydrogen-bond donors (Lipinski definition) is 3. The number of carbonyl (C=O) groups is 1. The van der Waals surface area contributed by atoms with Crippen molar-refractivity contribution in [2.45, 2.75) is 19.5 Å². The number of aliphatic hydroxyl groups is 1. The number of rotatable bonds is 7. The van der Waals surface area contributed by atoms with Gasteiger partial charge in [-0.1, -0.05) is 29.8 Å². The number of pyridine rings is 1. The molecule has 2 aromatic carbocycles. The minimum Gasteiger partial charge on any atom is -0.394 e. The van der Waals surface area contributed by atoms with E-state index in [2.05, 4.69) is 15.4 Å². The molecule has 1 atom stereocenters. The summed E-state index contributed by atoms with van der Waals surface area (Å²) >= 11 is 5.98. The molecule has 0 aliphatic rings. The van der Waals surface area contributed by atoms with Crippen molar-refractivity contribution in [2.75, 3.05) is 12.3 Å². The van der Waals surface area contributed by atoms with Crippen LogP contribution in [0.25, 0.3) is 22.3 Å². The highest BCUT2D eigenvalue weighted by molar-refractivity contribution is 6.30. The third-order valence-corrected chi connectivity index (χ3v) is 5.84. The lowest BCUT2D eigenvalue weighted by molar-refractivity contribution is 0.0563. The van der Waals surface area contributed by atoms with Gasteiger partial charge in [0.25, 0.3) is 5.91 Å². The number of nitrogens with one attached hydrogen (secondary N) is 1. The summed E-state index contributed by atoms with van der Waals surface area (Å²) in [4.78, 5) is 16.9. The van der Waals surface area contributed by atoms with Crippen molar-refractivity contribution in [3.63, 3.8) is 0 Å². The molecule has 0 bridgehead atoms. The van der Waals surface area contributed by atoms with Crippen molar-refractivity contribution >= 4 is 23.3 Å². The smallest absolute Gasteiger partial charge is 0.333 e. The molecule has 4 N–H and O–H groups in total. The lowest BCUT2D eigenvalue weighted by Gasteiger charge is -2.17. The number of benzene rings is 2. The maximum absolute atomic E-state index is 15.0. The summed E-state index contributed by atoms with van der Waals surface area (Å²) in [6, 6.07) is 11.3. The zero-order chi connectivity index (χ0) is 26.0. The number of nitrogen functional groups attached to an aromatic ring is 1. The van der Waals surface area contributed by atoms with Gasteiger partial charge in [-0.3, -0.25) is 4.79 Å². The molecule has 7 nitrogen and oxygen atoms in total. The van der Waals surface area contributed by atoms with Crippen molar-refractivity contribution in [3.8, 4) is 22.3 Å². The standard InChI is InChI=1S/C25H21ClF3N5O2/c1-13-20(11-34(33-13)25(28)29)16-8-19(23(30)31-10-16)14-5-6-18(21(27)9-14)24(36)32-22(12-35)15-3-2-4-17(26)7-15/h2-11,22,25,35H,12H2,1H3,(H2,30,31)(H,32,36). The highest BCUT2D eigenvalue weighted by Gasteiger charge is 2.20. The molecular weight excluding hydrogens is 495 g/mol. The lowest BCUT2D eigenvalue weighted by Crippen LogP contribution is -2.31. The van der Waals surface area contributed by atoms with E-state index in [1.807, 2.05) is 0 Å². The van der Waals surface area contributed by atoms with Crippen LogP contribution < -0.4 is 11.1 Å². The van der Waals surface area contributed by atoms with Gasteiger partial charge in [-0.05, 0) is 48.4 Å². The fourth-order valence-corrected chi connectivity index (χ4v) is 3.98. The van der Waals surface area contributed by atoms with Crippen LogP contribution in [0.4, 0.5) is 19.0 Å². The minimum atomic E-state index is -2.80. The van der Waals surface area contributed by atoms with Crippen LogP contribution >= 0.6 is 11.6 Å². The molecule has 0 aliphatic carbocycles. The average Bonchev–Trinajstić information content (AvgIpc) is 3.24. The van der Waals surface area contributed by atoms with E-state index in [0.29, 0.717) is 43.2 Å². The number of aliphatic hydroxyl groups excluding tert-OH is 1. The topological polar surface area (TPSA) is 106 Å². The quantitative estimate of drug-likeness (QED) is 0.315. The van der Waals surface area contributed by atoms with Gasteiger partial charge >= 0.3 is 6.55 Å². The first-order chi connectivity index (χ1) is 17.2. The molecule has 0 saturated heterocycles. The van der Waals surface area contributed by atoms with Crippen LogP contribution in [0.2, 0.25) is 5.02 Å². The molecule has 0 spiro atoms. The molecule has 0 radical (unpaired) electrons. The van der Waals surface area contributed by atoms with E-state index in [1.165, 1.54) is 24.5 Å². The van der Waals surface area contributed by atoms with Gasteiger partial charge in [-0.25, -0.2) is 14.1 Å². The Morgan fingerprint density at radius 2 is 1.94 bits per heavy atom. The Hall–Kier alpha value is -3.89. The number of amides is 1. The van der Waals surface area contributed by atoms with Gasteiger partial charge in [0.2, 0.25) is 0 Å². The number of nitrogens with zero attached hydrogens (tertiary/aromatic N) is 3. The lowest BCUT2D eigenvalue weighted by atomic mass is 9.99. The fourth-order valence-electron chi connectivity index (χ4n) is 3.78. The monoisotopic (exact) mass is 515 g/mol. The number of aryl methyl sites for hydroxylation is 1. The van der Waals surface area contributed by atoms with Crippen LogP contribution in [-0.2, 0) is 0 Å². The summed E-state index contributed by atoms with van der Waals surface area (Å²) in [5.74, 6) is -1.46. The van der Waals surface area contributed by atoms with E-state index in [-0.39, 0.29) is 11.4 Å². The molecule has 2 aromatic heterocycles. The second kappa shape index (κ2) is 10.4. The van der Waals surface area contributed by atoms with Crippen LogP contribution in [0, 0.1) is 12.7 Å². The molecule has 36 heavy (non-hydrogen) atoms. The molecule has 0 fully saturated rings. The third-order valence-electron chi connectivity index (χ3n) is 5.61. The Morgan fingerprint density at radius 3 is 2.58 bits per heavy atom.